The Balaban J connectivity index is 1.41. The summed E-state index contributed by atoms with van der Waals surface area (Å²) in [5.74, 6) is 0.668. The fraction of sp³-hybridized carbons (Fsp3) is 0.185. The van der Waals surface area contributed by atoms with Crippen LogP contribution in [0.3, 0.4) is 0 Å². The number of nitrogens with one attached hydrogen (secondary N) is 2. The van der Waals surface area contributed by atoms with Crippen molar-refractivity contribution < 1.29 is 4.79 Å². The average molecular weight is 509 g/mol. The zero-order valence-electron chi connectivity index (χ0n) is 20.6. The first-order chi connectivity index (χ1) is 18.0. The van der Waals surface area contributed by atoms with Crippen LogP contribution in [0.25, 0.3) is 32.9 Å². The van der Waals surface area contributed by atoms with E-state index >= 15 is 0 Å². The average Bonchev–Trinajstić information content (AvgIpc) is 3.55. The minimum atomic E-state index is 0.0537. The predicted octanol–water partition coefficient (Wildman–Crippen LogP) is 4.26. The maximum absolute atomic E-state index is 11.8. The Labute approximate surface area is 217 Å². The molecule has 0 bridgehead atoms. The van der Waals surface area contributed by atoms with E-state index in [1.165, 1.54) is 11.3 Å². The van der Waals surface area contributed by atoms with Crippen molar-refractivity contribution in [3.05, 3.63) is 82.5 Å². The van der Waals surface area contributed by atoms with Crippen LogP contribution < -0.4 is 5.43 Å². The Hall–Kier alpha value is -4.28. The molecule has 6 rings (SSSR count). The molecule has 0 aromatic carbocycles. The number of pyridine rings is 3. The number of fused-ring (bicyclic) bond motifs is 2. The van der Waals surface area contributed by atoms with Crippen molar-refractivity contribution in [2.24, 2.45) is 5.10 Å². The van der Waals surface area contributed by atoms with Gasteiger partial charge in [0.2, 0.25) is 0 Å². The second-order valence-electron chi connectivity index (χ2n) is 9.20. The number of ketones is 1. The van der Waals surface area contributed by atoms with Crippen molar-refractivity contribution in [3.8, 4) is 21.7 Å². The zero-order chi connectivity index (χ0) is 25.5. The van der Waals surface area contributed by atoms with Gasteiger partial charge in [0.25, 0.3) is 0 Å². The van der Waals surface area contributed by atoms with E-state index < -0.39 is 0 Å². The van der Waals surface area contributed by atoms with E-state index in [2.05, 4.69) is 36.4 Å². The highest BCUT2D eigenvalue weighted by molar-refractivity contribution is 7.17. The van der Waals surface area contributed by atoms with E-state index in [1.807, 2.05) is 57.0 Å². The molecule has 0 fully saturated rings. The Morgan fingerprint density at radius 2 is 1.97 bits per heavy atom. The summed E-state index contributed by atoms with van der Waals surface area (Å²) in [4.78, 5) is 37.5. The summed E-state index contributed by atoms with van der Waals surface area (Å²) < 4.78 is 0. The molecule has 5 aromatic rings. The van der Waals surface area contributed by atoms with E-state index in [0.29, 0.717) is 23.7 Å². The Bertz CT molecular complexity index is 1680. The molecule has 9 nitrogen and oxygen atoms in total. The van der Waals surface area contributed by atoms with Gasteiger partial charge in [0.15, 0.2) is 17.3 Å². The summed E-state index contributed by atoms with van der Waals surface area (Å²) in [6.45, 7) is 2.96. The zero-order valence-corrected chi connectivity index (χ0v) is 21.4. The third-order valence-corrected chi connectivity index (χ3v) is 7.35. The van der Waals surface area contributed by atoms with E-state index in [4.69, 9.17) is 9.97 Å². The second kappa shape index (κ2) is 9.30. The topological polar surface area (TPSA) is 112 Å². The third kappa shape index (κ3) is 4.41. The van der Waals surface area contributed by atoms with Crippen molar-refractivity contribution in [1.82, 2.24) is 35.2 Å². The van der Waals surface area contributed by atoms with Crippen molar-refractivity contribution in [2.45, 2.75) is 20.0 Å². The molecule has 2 N–H and O–H groups in total. The normalized spacial score (nSPS) is 12.9. The predicted molar refractivity (Wildman–Crippen MR) is 145 cm³/mol. The highest BCUT2D eigenvalue weighted by Gasteiger charge is 2.22. The second-order valence-corrected chi connectivity index (χ2v) is 10.3. The van der Waals surface area contributed by atoms with Gasteiger partial charge >= 0.3 is 0 Å². The van der Waals surface area contributed by atoms with Crippen molar-refractivity contribution in [1.29, 1.82) is 0 Å². The van der Waals surface area contributed by atoms with Crippen molar-refractivity contribution in [2.75, 3.05) is 14.1 Å². The minimum absolute atomic E-state index is 0.0537. The molecule has 0 amide bonds. The number of hydrogen-bond donors (Lipinski definition) is 2. The lowest BCUT2D eigenvalue weighted by Crippen LogP contribution is -2.22. The molecule has 6 heterocycles. The number of hydrogen-bond acceptors (Lipinski definition) is 9. The number of aromatic nitrogens is 5. The monoisotopic (exact) mass is 508 g/mol. The summed E-state index contributed by atoms with van der Waals surface area (Å²) in [6, 6.07) is 9.92. The first-order valence-corrected chi connectivity index (χ1v) is 12.6. The van der Waals surface area contributed by atoms with E-state index in [1.54, 1.807) is 13.1 Å². The van der Waals surface area contributed by atoms with Gasteiger partial charge in [-0.2, -0.15) is 5.10 Å². The fourth-order valence-electron chi connectivity index (χ4n) is 4.43. The van der Waals surface area contributed by atoms with Gasteiger partial charge < -0.3 is 15.3 Å². The summed E-state index contributed by atoms with van der Waals surface area (Å²) in [6.07, 6.45) is 7.33. The van der Waals surface area contributed by atoms with Crippen LogP contribution in [0.5, 0.6) is 0 Å². The minimum Gasteiger partial charge on any atom is -0.335 e. The number of carbonyl (C=O) groups excluding carboxylic acids is 1. The summed E-state index contributed by atoms with van der Waals surface area (Å²) >= 11 is 1.46. The standard InChI is InChI=1S/C27H24N8OS/c1-15(36)22-4-5-23(37-22)19-6-7-29-26-24(19)32-27(33-26)25-20-9-21(30-12-18(20)13-31-34-25)17-8-16(10-28-11-17)14-35(2)3/h4-12,31H,13-14H2,1-3H3,(H,29,32,33). The molecule has 1 aliphatic rings. The molecule has 10 heteroatoms. The van der Waals surface area contributed by atoms with Crippen LogP contribution in [0.2, 0.25) is 0 Å². The summed E-state index contributed by atoms with van der Waals surface area (Å²) in [5, 5.41) is 4.61. The van der Waals surface area contributed by atoms with E-state index in [0.717, 1.165) is 55.3 Å². The maximum Gasteiger partial charge on any atom is 0.178 e. The molecule has 0 radical (unpaired) electrons. The lowest BCUT2D eigenvalue weighted by atomic mass is 10.00. The lowest BCUT2D eigenvalue weighted by molar-refractivity contribution is 0.102. The van der Waals surface area contributed by atoms with Gasteiger partial charge in [-0.3, -0.25) is 14.8 Å². The van der Waals surface area contributed by atoms with Crippen molar-refractivity contribution >= 4 is 34.0 Å². The van der Waals surface area contributed by atoms with Gasteiger partial charge in [0.1, 0.15) is 5.71 Å². The Morgan fingerprint density at radius 3 is 2.78 bits per heavy atom. The van der Waals surface area contributed by atoms with Crippen molar-refractivity contribution in [3.63, 3.8) is 0 Å². The van der Waals surface area contributed by atoms with Crippen LogP contribution in [0, 0.1) is 0 Å². The number of carbonyl (C=O) groups is 1. The van der Waals surface area contributed by atoms with Crippen LogP contribution in [0.1, 0.15) is 39.1 Å². The Morgan fingerprint density at radius 1 is 1.08 bits per heavy atom. The molecule has 0 saturated heterocycles. The number of H-pyrrole nitrogens is 1. The van der Waals surface area contributed by atoms with Gasteiger partial charge in [0.05, 0.1) is 22.6 Å². The Kier molecular flexibility index (Phi) is 5.82. The molecule has 0 atom stereocenters. The first-order valence-electron chi connectivity index (χ1n) is 11.8. The lowest BCUT2D eigenvalue weighted by Gasteiger charge is -2.17. The van der Waals surface area contributed by atoms with Gasteiger partial charge in [0, 0.05) is 58.5 Å². The SMILES string of the molecule is CC(=O)c1ccc(-c2ccnc3nc(C4=NNCc5cnc(-c6cncc(CN(C)C)c6)cc54)[nH]c23)s1. The smallest absolute Gasteiger partial charge is 0.178 e. The molecule has 1 aliphatic heterocycles. The van der Waals surface area contributed by atoms with Crippen LogP contribution in [-0.2, 0) is 13.1 Å². The van der Waals surface area contributed by atoms with Gasteiger partial charge in [-0.05, 0) is 56.9 Å². The largest absolute Gasteiger partial charge is 0.335 e. The highest BCUT2D eigenvalue weighted by Crippen LogP contribution is 2.33. The van der Waals surface area contributed by atoms with Gasteiger partial charge in [-0.15, -0.1) is 11.3 Å². The van der Waals surface area contributed by atoms with Crippen LogP contribution >= 0.6 is 11.3 Å². The third-order valence-electron chi connectivity index (χ3n) is 6.13. The first kappa shape index (κ1) is 23.1. The maximum atomic E-state index is 11.8. The van der Waals surface area contributed by atoms with Crippen LogP contribution in [0.15, 0.2) is 60.2 Å². The number of imidazole rings is 1. The number of Topliss-reactive ketones (excluding diaryl/α,β-unsaturated/α-hetero) is 1. The van der Waals surface area contributed by atoms with Crippen LogP contribution in [-0.4, -0.2) is 55.4 Å². The van der Waals surface area contributed by atoms with Gasteiger partial charge in [-0.1, -0.05) is 0 Å². The highest BCUT2D eigenvalue weighted by atomic mass is 32.1. The number of aromatic amines is 1. The molecule has 0 unspecified atom stereocenters. The summed E-state index contributed by atoms with van der Waals surface area (Å²) in [7, 11) is 4.07. The van der Waals surface area contributed by atoms with Crippen LogP contribution in [0.4, 0.5) is 0 Å². The number of thiophene rings is 1. The molecular formula is C27H24N8OS. The van der Waals surface area contributed by atoms with E-state index in [9.17, 15) is 4.79 Å². The fourth-order valence-corrected chi connectivity index (χ4v) is 5.36. The number of rotatable bonds is 6. The van der Waals surface area contributed by atoms with Gasteiger partial charge in [-0.25, -0.2) is 9.97 Å². The summed E-state index contributed by atoms with van der Waals surface area (Å²) in [5.41, 5.74) is 11.0. The molecule has 5 aromatic heterocycles. The number of nitrogens with zero attached hydrogens (tertiary/aromatic N) is 6. The molecule has 184 valence electrons. The molecule has 0 spiro atoms. The molecule has 37 heavy (non-hydrogen) atoms. The molecule has 0 aliphatic carbocycles. The number of hydrazone groups is 1. The quantitative estimate of drug-likeness (QED) is 0.330. The van der Waals surface area contributed by atoms with E-state index in [-0.39, 0.29) is 5.78 Å². The molecular weight excluding hydrogens is 484 g/mol. The molecule has 0 saturated carbocycles.